The zero-order valence-electron chi connectivity index (χ0n) is 16.1. The Balaban J connectivity index is 1.49. The molecule has 0 spiro atoms. The van der Waals surface area contributed by atoms with E-state index >= 15 is 0 Å². The number of carbonyl (C=O) groups excluding carboxylic acids is 5. The van der Waals surface area contributed by atoms with Crippen LogP contribution in [-0.2, 0) is 32.0 Å². The summed E-state index contributed by atoms with van der Waals surface area (Å²) in [6.45, 7) is 2.44. The third-order valence-corrected chi connectivity index (χ3v) is 5.98. The standard InChI is InChI=1S/C18H22N4O6S/c1-18(2)16(26)22(17(27)21-18)7-6-12(24)28-8-11(23)20-15-13(14(19)25)9-4-3-5-10(9)29-15/h3-8H2,1-2H3,(H2,19,25)(H,20,23)(H,21,27). The summed E-state index contributed by atoms with van der Waals surface area (Å²) in [5.74, 6) is -2.36. The lowest BCUT2D eigenvalue weighted by atomic mass is 10.1. The highest BCUT2D eigenvalue weighted by Gasteiger charge is 2.44. The Morgan fingerprint density at radius 1 is 1.28 bits per heavy atom. The quantitative estimate of drug-likeness (QED) is 0.431. The summed E-state index contributed by atoms with van der Waals surface area (Å²) in [7, 11) is 0. The number of carbonyl (C=O) groups is 5. The van der Waals surface area contributed by atoms with E-state index in [1.807, 2.05) is 0 Å². The molecule has 4 N–H and O–H groups in total. The number of esters is 1. The van der Waals surface area contributed by atoms with Crippen LogP contribution in [0.5, 0.6) is 0 Å². The molecule has 1 aromatic heterocycles. The predicted molar refractivity (Wildman–Crippen MR) is 103 cm³/mol. The summed E-state index contributed by atoms with van der Waals surface area (Å²) < 4.78 is 4.90. The molecular weight excluding hydrogens is 400 g/mol. The molecular formula is C18H22N4O6S. The van der Waals surface area contributed by atoms with E-state index in [4.69, 9.17) is 10.5 Å². The van der Waals surface area contributed by atoms with Crippen molar-refractivity contribution in [1.29, 1.82) is 0 Å². The second-order valence-electron chi connectivity index (χ2n) is 7.40. The zero-order valence-corrected chi connectivity index (χ0v) is 16.9. The molecule has 1 saturated heterocycles. The minimum absolute atomic E-state index is 0.141. The fourth-order valence-electron chi connectivity index (χ4n) is 3.36. The highest BCUT2D eigenvalue weighted by Crippen LogP contribution is 2.38. The lowest BCUT2D eigenvalue weighted by Crippen LogP contribution is -2.40. The fraction of sp³-hybridized carbons (Fsp3) is 0.500. The molecule has 2 aliphatic rings. The largest absolute Gasteiger partial charge is 0.456 e. The third-order valence-electron chi connectivity index (χ3n) is 4.77. The molecule has 0 unspecified atom stereocenters. The number of amides is 5. The number of ether oxygens (including phenoxy) is 1. The molecule has 0 aromatic carbocycles. The highest BCUT2D eigenvalue weighted by atomic mass is 32.1. The molecule has 1 aliphatic carbocycles. The number of nitrogens with zero attached hydrogens (tertiary/aromatic N) is 1. The maximum atomic E-state index is 12.1. The van der Waals surface area contributed by atoms with Crippen molar-refractivity contribution in [2.75, 3.05) is 18.5 Å². The first-order valence-electron chi connectivity index (χ1n) is 9.14. The lowest BCUT2D eigenvalue weighted by molar-refractivity contribution is -0.147. The molecule has 10 nitrogen and oxygen atoms in total. The molecule has 0 atom stereocenters. The maximum absolute atomic E-state index is 12.1. The van der Waals surface area contributed by atoms with Crippen LogP contribution in [0.4, 0.5) is 9.80 Å². The minimum atomic E-state index is -1.01. The van der Waals surface area contributed by atoms with Crippen molar-refractivity contribution in [3.63, 3.8) is 0 Å². The van der Waals surface area contributed by atoms with E-state index in [0.717, 1.165) is 34.6 Å². The summed E-state index contributed by atoms with van der Waals surface area (Å²) >= 11 is 1.30. The number of rotatable bonds is 7. The van der Waals surface area contributed by atoms with Crippen LogP contribution < -0.4 is 16.4 Å². The van der Waals surface area contributed by atoms with Crippen molar-refractivity contribution in [2.45, 2.75) is 45.1 Å². The molecule has 0 radical (unpaired) electrons. The molecule has 29 heavy (non-hydrogen) atoms. The Kier molecular flexibility index (Phi) is 5.60. The third kappa shape index (κ3) is 4.24. The van der Waals surface area contributed by atoms with Crippen molar-refractivity contribution in [3.05, 3.63) is 16.0 Å². The van der Waals surface area contributed by atoms with Crippen LogP contribution in [0.2, 0.25) is 0 Å². The van der Waals surface area contributed by atoms with Gasteiger partial charge in [-0.2, -0.15) is 0 Å². The molecule has 3 rings (SSSR count). The number of fused-ring (bicyclic) bond motifs is 1. The Morgan fingerprint density at radius 2 is 2.00 bits per heavy atom. The van der Waals surface area contributed by atoms with E-state index in [9.17, 15) is 24.0 Å². The van der Waals surface area contributed by atoms with E-state index in [1.54, 1.807) is 13.8 Å². The van der Waals surface area contributed by atoms with Gasteiger partial charge in [0.15, 0.2) is 6.61 Å². The first-order chi connectivity index (χ1) is 13.6. The number of nitrogens with one attached hydrogen (secondary N) is 2. The van der Waals surface area contributed by atoms with Crippen LogP contribution in [-0.4, -0.2) is 53.3 Å². The van der Waals surface area contributed by atoms with Crippen molar-refractivity contribution in [3.8, 4) is 0 Å². The Labute approximate surface area is 170 Å². The van der Waals surface area contributed by atoms with Gasteiger partial charge in [-0.1, -0.05) is 0 Å². The summed E-state index contributed by atoms with van der Waals surface area (Å²) in [4.78, 5) is 61.5. The number of hydrogen-bond donors (Lipinski definition) is 3. The molecule has 1 aromatic rings. The minimum Gasteiger partial charge on any atom is -0.456 e. The number of imide groups is 1. The Bertz CT molecular complexity index is 906. The second kappa shape index (κ2) is 7.82. The number of aryl methyl sites for hydroxylation is 1. The van der Waals surface area contributed by atoms with Crippen molar-refractivity contribution >= 4 is 46.1 Å². The summed E-state index contributed by atoms with van der Waals surface area (Å²) in [5.41, 5.74) is 5.63. The van der Waals surface area contributed by atoms with E-state index in [0.29, 0.717) is 10.6 Å². The Morgan fingerprint density at radius 3 is 2.62 bits per heavy atom. The van der Waals surface area contributed by atoms with Crippen LogP contribution in [0.3, 0.4) is 0 Å². The van der Waals surface area contributed by atoms with Gasteiger partial charge in [-0.05, 0) is 38.7 Å². The van der Waals surface area contributed by atoms with Crippen molar-refractivity contribution in [2.24, 2.45) is 5.73 Å². The maximum Gasteiger partial charge on any atom is 0.325 e. The lowest BCUT2D eigenvalue weighted by Gasteiger charge is -2.15. The van der Waals surface area contributed by atoms with Crippen molar-refractivity contribution < 1.29 is 28.7 Å². The van der Waals surface area contributed by atoms with Gasteiger partial charge in [-0.15, -0.1) is 11.3 Å². The van der Waals surface area contributed by atoms with Gasteiger partial charge in [0.1, 0.15) is 10.5 Å². The van der Waals surface area contributed by atoms with Gasteiger partial charge in [-0.3, -0.25) is 24.1 Å². The molecule has 11 heteroatoms. The van der Waals surface area contributed by atoms with Gasteiger partial charge in [0.05, 0.1) is 12.0 Å². The van der Waals surface area contributed by atoms with Gasteiger partial charge in [0.25, 0.3) is 17.7 Å². The highest BCUT2D eigenvalue weighted by molar-refractivity contribution is 7.17. The van der Waals surface area contributed by atoms with Crippen LogP contribution in [0.15, 0.2) is 0 Å². The zero-order chi connectivity index (χ0) is 21.3. The topological polar surface area (TPSA) is 148 Å². The summed E-state index contributed by atoms with van der Waals surface area (Å²) in [5, 5.41) is 5.45. The molecule has 0 bridgehead atoms. The predicted octanol–water partition coefficient (Wildman–Crippen LogP) is 0.538. The van der Waals surface area contributed by atoms with Crippen LogP contribution in [0, 0.1) is 0 Å². The van der Waals surface area contributed by atoms with Crippen molar-refractivity contribution in [1.82, 2.24) is 10.2 Å². The van der Waals surface area contributed by atoms with Gasteiger partial charge in [0, 0.05) is 11.4 Å². The van der Waals surface area contributed by atoms with Crippen LogP contribution in [0.25, 0.3) is 0 Å². The molecule has 1 aliphatic heterocycles. The molecule has 2 heterocycles. The SMILES string of the molecule is CC1(C)NC(=O)N(CCC(=O)OCC(=O)Nc2sc3c(c2C(N)=O)CCC3)C1=O. The smallest absolute Gasteiger partial charge is 0.325 e. The van der Waals surface area contributed by atoms with Gasteiger partial charge in [0.2, 0.25) is 0 Å². The monoisotopic (exact) mass is 422 g/mol. The van der Waals surface area contributed by atoms with Crippen LogP contribution >= 0.6 is 11.3 Å². The molecule has 5 amide bonds. The molecule has 1 fully saturated rings. The Hall–Kier alpha value is -2.95. The van der Waals surface area contributed by atoms with E-state index < -0.39 is 41.9 Å². The first kappa shape index (κ1) is 20.8. The summed E-state index contributed by atoms with van der Waals surface area (Å²) in [6, 6.07) is -0.574. The van der Waals surface area contributed by atoms with Gasteiger partial charge >= 0.3 is 12.0 Å². The number of primary amides is 1. The molecule has 156 valence electrons. The number of thiophene rings is 1. The number of urea groups is 1. The number of anilines is 1. The van der Waals surface area contributed by atoms with Crippen LogP contribution in [0.1, 0.15) is 47.5 Å². The number of hydrogen-bond acceptors (Lipinski definition) is 7. The van der Waals surface area contributed by atoms with Gasteiger partial charge in [-0.25, -0.2) is 4.79 Å². The fourth-order valence-corrected chi connectivity index (χ4v) is 4.67. The second-order valence-corrected chi connectivity index (χ2v) is 8.50. The average Bonchev–Trinajstić information content (AvgIpc) is 3.24. The van der Waals surface area contributed by atoms with E-state index in [-0.39, 0.29) is 13.0 Å². The number of nitrogens with two attached hydrogens (primary N) is 1. The van der Waals surface area contributed by atoms with E-state index in [2.05, 4.69) is 10.6 Å². The average molecular weight is 422 g/mol. The van der Waals surface area contributed by atoms with Gasteiger partial charge < -0.3 is 21.1 Å². The molecule has 0 saturated carbocycles. The van der Waals surface area contributed by atoms with E-state index in [1.165, 1.54) is 11.3 Å². The normalized spacial score (nSPS) is 17.1. The summed E-state index contributed by atoms with van der Waals surface area (Å²) in [6.07, 6.45) is 2.30. The first-order valence-corrected chi connectivity index (χ1v) is 9.95.